The molecule has 2 rings (SSSR count). The number of nitrogens with zero attached hydrogens (tertiary/aromatic N) is 1. The first kappa shape index (κ1) is 14.1. The summed E-state index contributed by atoms with van der Waals surface area (Å²) in [5.41, 5.74) is 0.873. The normalized spacial score (nSPS) is 20.4. The van der Waals surface area contributed by atoms with Gasteiger partial charge in [0.15, 0.2) is 0 Å². The molecule has 1 aromatic heterocycles. The third kappa shape index (κ3) is 2.53. The minimum absolute atomic E-state index is 0.378. The lowest BCUT2D eigenvalue weighted by Crippen LogP contribution is -2.41. The molecule has 0 spiro atoms. The van der Waals surface area contributed by atoms with E-state index in [1.54, 1.807) is 13.2 Å². The Morgan fingerprint density at radius 1 is 1.21 bits per heavy atom. The second-order valence-corrected chi connectivity index (χ2v) is 5.66. The molecule has 5 heteroatoms. The topological polar surface area (TPSA) is 40.6 Å². The van der Waals surface area contributed by atoms with Crippen LogP contribution >= 0.6 is 0 Å². The zero-order chi connectivity index (χ0) is 14.3. The second kappa shape index (κ2) is 4.65. The summed E-state index contributed by atoms with van der Waals surface area (Å²) in [6.45, 7) is 11.8. The maximum absolute atomic E-state index is 5.97. The van der Waals surface area contributed by atoms with Crippen LogP contribution < -0.4 is 10.3 Å². The van der Waals surface area contributed by atoms with Crippen LogP contribution in [0.2, 0.25) is 0 Å². The van der Waals surface area contributed by atoms with Crippen LogP contribution in [0.15, 0.2) is 18.7 Å². The molecule has 2 heterocycles. The van der Waals surface area contributed by atoms with Crippen LogP contribution in [0.3, 0.4) is 0 Å². The highest BCUT2D eigenvalue weighted by Crippen LogP contribution is 2.36. The van der Waals surface area contributed by atoms with E-state index in [1.165, 1.54) is 0 Å². The molecule has 1 aromatic rings. The van der Waals surface area contributed by atoms with Crippen LogP contribution in [0.1, 0.15) is 33.3 Å². The maximum atomic E-state index is 5.97. The van der Waals surface area contributed by atoms with Gasteiger partial charge in [0.25, 0.3) is 0 Å². The Balaban J connectivity index is 2.36. The third-order valence-corrected chi connectivity index (χ3v) is 3.78. The molecule has 0 bridgehead atoms. The van der Waals surface area contributed by atoms with E-state index in [2.05, 4.69) is 11.6 Å². The molecule has 0 atom stereocenters. The van der Waals surface area contributed by atoms with Gasteiger partial charge < -0.3 is 14.0 Å². The van der Waals surface area contributed by atoms with E-state index in [-0.39, 0.29) is 11.2 Å². The number of ether oxygens (including phenoxy) is 1. The van der Waals surface area contributed by atoms with E-state index >= 15 is 0 Å². The molecule has 19 heavy (non-hydrogen) atoms. The van der Waals surface area contributed by atoms with E-state index in [0.29, 0.717) is 11.5 Å². The van der Waals surface area contributed by atoms with Crippen molar-refractivity contribution in [2.24, 2.45) is 0 Å². The molecule has 0 saturated carbocycles. The molecule has 102 valence electrons. The van der Waals surface area contributed by atoms with Gasteiger partial charge in [0, 0.05) is 6.07 Å². The fraction of sp³-hybridized carbons (Fsp3) is 0.500. The van der Waals surface area contributed by atoms with Crippen LogP contribution in [0.5, 0.6) is 5.88 Å². The Bertz CT molecular complexity index is 483. The van der Waals surface area contributed by atoms with Crippen LogP contribution in [0.25, 0.3) is 6.08 Å². The maximum Gasteiger partial charge on any atom is 0.514 e. The molecule has 1 aliphatic rings. The van der Waals surface area contributed by atoms with Gasteiger partial charge in [0.2, 0.25) is 5.88 Å². The Morgan fingerprint density at radius 2 is 1.79 bits per heavy atom. The summed E-state index contributed by atoms with van der Waals surface area (Å²) in [5, 5.41) is 0. The first-order chi connectivity index (χ1) is 8.79. The first-order valence-electron chi connectivity index (χ1n) is 6.33. The Morgan fingerprint density at radius 3 is 2.26 bits per heavy atom. The summed E-state index contributed by atoms with van der Waals surface area (Å²) in [5.74, 6) is 0.530. The van der Waals surface area contributed by atoms with E-state index in [1.807, 2.05) is 39.8 Å². The van der Waals surface area contributed by atoms with Crippen molar-refractivity contribution < 1.29 is 14.0 Å². The predicted molar refractivity (Wildman–Crippen MR) is 76.6 cm³/mol. The van der Waals surface area contributed by atoms with Crippen LogP contribution in [-0.4, -0.2) is 30.4 Å². The monoisotopic (exact) mass is 261 g/mol. The van der Waals surface area contributed by atoms with Gasteiger partial charge >= 0.3 is 7.12 Å². The van der Waals surface area contributed by atoms with Crippen LogP contribution in [0.4, 0.5) is 0 Å². The molecule has 0 aliphatic carbocycles. The van der Waals surface area contributed by atoms with Crippen molar-refractivity contribution in [1.82, 2.24) is 4.98 Å². The summed E-state index contributed by atoms with van der Waals surface area (Å²) in [7, 11) is 1.10. The van der Waals surface area contributed by atoms with Crippen molar-refractivity contribution in [3.63, 3.8) is 0 Å². The quantitative estimate of drug-likeness (QED) is 0.780. The molecule has 1 saturated heterocycles. The number of hydrogen-bond acceptors (Lipinski definition) is 4. The fourth-order valence-corrected chi connectivity index (χ4v) is 1.85. The molecule has 4 nitrogen and oxygen atoms in total. The fourth-order valence-electron chi connectivity index (χ4n) is 1.85. The minimum Gasteiger partial charge on any atom is -0.481 e. The summed E-state index contributed by atoms with van der Waals surface area (Å²) in [4.78, 5) is 4.39. The highest BCUT2D eigenvalue weighted by Gasteiger charge is 2.52. The average Bonchev–Trinajstić information content (AvgIpc) is 2.58. The largest absolute Gasteiger partial charge is 0.514 e. The first-order valence-corrected chi connectivity index (χ1v) is 6.33. The molecule has 0 amide bonds. The molecule has 0 radical (unpaired) electrons. The predicted octanol–water partition coefficient (Wildman–Crippen LogP) is 2.03. The van der Waals surface area contributed by atoms with Crippen molar-refractivity contribution in [2.45, 2.75) is 38.9 Å². The summed E-state index contributed by atoms with van der Waals surface area (Å²) in [6, 6.07) is 3.72. The van der Waals surface area contributed by atoms with Gasteiger partial charge in [-0.15, -0.1) is 0 Å². The second-order valence-electron chi connectivity index (χ2n) is 5.66. The van der Waals surface area contributed by atoms with E-state index < -0.39 is 7.12 Å². The lowest BCUT2D eigenvalue weighted by Gasteiger charge is -2.32. The SMILES string of the molecule is C=Cc1cc(OC)nc(B2OC(C)(C)C(C)(C)O2)c1. The van der Waals surface area contributed by atoms with Crippen molar-refractivity contribution in [3.8, 4) is 5.88 Å². The lowest BCUT2D eigenvalue weighted by atomic mass is 9.83. The highest BCUT2D eigenvalue weighted by atomic mass is 16.7. The van der Waals surface area contributed by atoms with Crippen molar-refractivity contribution in [3.05, 3.63) is 24.3 Å². The highest BCUT2D eigenvalue weighted by molar-refractivity contribution is 6.61. The summed E-state index contributed by atoms with van der Waals surface area (Å²) < 4.78 is 17.1. The van der Waals surface area contributed by atoms with Gasteiger partial charge in [0.1, 0.15) is 0 Å². The van der Waals surface area contributed by atoms with Gasteiger partial charge in [-0.2, -0.15) is 0 Å². The van der Waals surface area contributed by atoms with Crippen molar-refractivity contribution >= 4 is 18.8 Å². The van der Waals surface area contributed by atoms with E-state index in [4.69, 9.17) is 14.0 Å². The van der Waals surface area contributed by atoms with E-state index in [0.717, 1.165) is 5.56 Å². The molecule has 1 fully saturated rings. The summed E-state index contributed by atoms with van der Waals surface area (Å²) >= 11 is 0. The smallest absolute Gasteiger partial charge is 0.481 e. The molecular weight excluding hydrogens is 241 g/mol. The number of rotatable bonds is 3. The Labute approximate surface area is 114 Å². The van der Waals surface area contributed by atoms with Crippen molar-refractivity contribution in [1.29, 1.82) is 0 Å². The van der Waals surface area contributed by atoms with Crippen LogP contribution in [0, 0.1) is 0 Å². The molecule has 0 unspecified atom stereocenters. The lowest BCUT2D eigenvalue weighted by molar-refractivity contribution is 0.00578. The molecule has 0 N–H and O–H groups in total. The minimum atomic E-state index is -0.487. The standard InChI is InChI=1S/C14H20BNO3/c1-7-10-8-11(16-12(9-10)17-6)15-18-13(2,3)14(4,5)19-15/h7-9H,1H2,2-6H3. The Kier molecular flexibility index (Phi) is 3.45. The molecule has 0 aromatic carbocycles. The zero-order valence-electron chi connectivity index (χ0n) is 12.2. The average molecular weight is 261 g/mol. The number of pyridine rings is 1. The van der Waals surface area contributed by atoms with Gasteiger partial charge in [-0.25, -0.2) is 4.98 Å². The molecular formula is C14H20BNO3. The number of aromatic nitrogens is 1. The van der Waals surface area contributed by atoms with Gasteiger partial charge in [-0.05, 0) is 39.3 Å². The summed E-state index contributed by atoms with van der Waals surface area (Å²) in [6.07, 6.45) is 1.75. The van der Waals surface area contributed by atoms with Crippen molar-refractivity contribution in [2.75, 3.05) is 7.11 Å². The van der Waals surface area contributed by atoms with Gasteiger partial charge in [-0.3, -0.25) is 0 Å². The van der Waals surface area contributed by atoms with Gasteiger partial charge in [0.05, 0.1) is 23.9 Å². The van der Waals surface area contributed by atoms with E-state index in [9.17, 15) is 0 Å². The Hall–Kier alpha value is -1.33. The zero-order valence-corrected chi connectivity index (χ0v) is 12.2. The number of methoxy groups -OCH3 is 1. The third-order valence-electron chi connectivity index (χ3n) is 3.78. The number of hydrogen-bond donors (Lipinski definition) is 0. The van der Waals surface area contributed by atoms with Crippen LogP contribution in [-0.2, 0) is 9.31 Å². The van der Waals surface area contributed by atoms with Gasteiger partial charge in [-0.1, -0.05) is 12.7 Å². The molecule has 1 aliphatic heterocycles.